The summed E-state index contributed by atoms with van der Waals surface area (Å²) in [6.45, 7) is 0.447. The molecule has 0 saturated heterocycles. The van der Waals surface area contributed by atoms with Crippen molar-refractivity contribution >= 4 is 37.7 Å². The summed E-state index contributed by atoms with van der Waals surface area (Å²) in [7, 11) is 0. The third-order valence-electron chi connectivity index (χ3n) is 4.99. The fourth-order valence-corrected chi connectivity index (χ4v) is 3.99. The first kappa shape index (κ1) is 17.0. The van der Waals surface area contributed by atoms with Gasteiger partial charge in [0, 0.05) is 20.9 Å². The van der Waals surface area contributed by atoms with Crippen LogP contribution in [-0.4, -0.2) is 14.5 Å². The van der Waals surface area contributed by atoms with E-state index in [9.17, 15) is 4.79 Å². The maximum absolute atomic E-state index is 13.1. The number of hydrogen-bond donors (Lipinski definition) is 1. The third-order valence-corrected chi connectivity index (χ3v) is 5.48. The van der Waals surface area contributed by atoms with Crippen LogP contribution >= 0.6 is 15.9 Å². The summed E-state index contributed by atoms with van der Waals surface area (Å²) in [6.07, 6.45) is 1.63. The van der Waals surface area contributed by atoms with Crippen molar-refractivity contribution in [3.63, 3.8) is 0 Å². The zero-order valence-corrected chi connectivity index (χ0v) is 16.5. The molecule has 0 fully saturated rings. The smallest absolute Gasteiger partial charge is 0.261 e. The van der Waals surface area contributed by atoms with Crippen LogP contribution < -0.4 is 5.56 Å². The lowest BCUT2D eigenvalue weighted by Gasteiger charge is -2.09. The van der Waals surface area contributed by atoms with Crippen molar-refractivity contribution in [1.29, 1.82) is 0 Å². The van der Waals surface area contributed by atoms with Crippen molar-refractivity contribution in [2.75, 3.05) is 0 Å². The Balaban J connectivity index is 1.71. The molecule has 0 unspecified atom stereocenters. The van der Waals surface area contributed by atoms with Gasteiger partial charge in [0.25, 0.3) is 5.56 Å². The number of nitrogens with zero attached hydrogens (tertiary/aromatic N) is 2. The predicted molar refractivity (Wildman–Crippen MR) is 117 cm³/mol. The van der Waals surface area contributed by atoms with Crippen LogP contribution in [0.25, 0.3) is 33.1 Å². The molecular weight excluding hydrogens is 414 g/mol. The van der Waals surface area contributed by atoms with Crippen molar-refractivity contribution in [1.82, 2.24) is 14.5 Å². The molecule has 0 spiro atoms. The van der Waals surface area contributed by atoms with E-state index in [1.807, 2.05) is 48.5 Å². The van der Waals surface area contributed by atoms with E-state index in [0.717, 1.165) is 32.2 Å². The standard InChI is InChI=1S/C23H16BrN3O/c24-16-10-11-20-18(12-16)23(28)27(14-25-20)13-19-17-8-4-5-9-21(17)26-22(19)15-6-2-1-3-7-15/h1-12,14,26H,13H2. The molecule has 0 aliphatic heterocycles. The van der Waals surface area contributed by atoms with Crippen LogP contribution in [0.2, 0.25) is 0 Å². The van der Waals surface area contributed by atoms with E-state index >= 15 is 0 Å². The van der Waals surface area contributed by atoms with Crippen molar-refractivity contribution in [2.24, 2.45) is 0 Å². The van der Waals surface area contributed by atoms with Crippen LogP contribution in [0.3, 0.4) is 0 Å². The topological polar surface area (TPSA) is 50.7 Å². The lowest BCUT2D eigenvalue weighted by Crippen LogP contribution is -2.21. The van der Waals surface area contributed by atoms with Crippen molar-refractivity contribution < 1.29 is 0 Å². The Kier molecular flexibility index (Phi) is 4.10. The first-order valence-electron chi connectivity index (χ1n) is 9.00. The van der Waals surface area contributed by atoms with Crippen molar-refractivity contribution in [2.45, 2.75) is 6.54 Å². The number of benzene rings is 3. The number of aromatic amines is 1. The highest BCUT2D eigenvalue weighted by molar-refractivity contribution is 9.10. The highest BCUT2D eigenvalue weighted by Gasteiger charge is 2.15. The minimum atomic E-state index is -0.0457. The molecule has 0 amide bonds. The van der Waals surface area contributed by atoms with Crippen LogP contribution in [0.15, 0.2) is 88.4 Å². The normalized spacial score (nSPS) is 11.3. The molecule has 4 nitrogen and oxygen atoms in total. The molecule has 5 heteroatoms. The lowest BCUT2D eigenvalue weighted by molar-refractivity contribution is 0.753. The van der Waals surface area contributed by atoms with Gasteiger partial charge in [-0.25, -0.2) is 4.98 Å². The Morgan fingerprint density at radius 1 is 0.929 bits per heavy atom. The monoisotopic (exact) mass is 429 g/mol. The van der Waals surface area contributed by atoms with Gasteiger partial charge in [0.2, 0.25) is 0 Å². The van der Waals surface area contributed by atoms with Crippen molar-refractivity contribution in [3.8, 4) is 11.3 Å². The minimum absolute atomic E-state index is 0.0457. The van der Waals surface area contributed by atoms with Gasteiger partial charge in [-0.15, -0.1) is 0 Å². The van der Waals surface area contributed by atoms with Gasteiger partial charge in [-0.2, -0.15) is 0 Å². The van der Waals surface area contributed by atoms with E-state index in [1.54, 1.807) is 10.9 Å². The third kappa shape index (κ3) is 2.84. The number of fused-ring (bicyclic) bond motifs is 2. The molecule has 2 aromatic heterocycles. The van der Waals surface area contributed by atoms with E-state index in [0.29, 0.717) is 17.4 Å². The molecule has 1 N–H and O–H groups in total. The number of hydrogen-bond acceptors (Lipinski definition) is 2. The second kappa shape index (κ2) is 6.77. The molecule has 3 aromatic carbocycles. The summed E-state index contributed by atoms with van der Waals surface area (Å²) < 4.78 is 2.55. The quantitative estimate of drug-likeness (QED) is 0.419. The van der Waals surface area contributed by atoms with Crippen molar-refractivity contribution in [3.05, 3.63) is 99.5 Å². The number of para-hydroxylation sites is 1. The second-order valence-corrected chi connectivity index (χ2v) is 7.64. The Labute approximate surface area is 169 Å². The summed E-state index contributed by atoms with van der Waals surface area (Å²) in [5.74, 6) is 0. The summed E-state index contributed by atoms with van der Waals surface area (Å²) in [6, 6.07) is 23.9. The molecule has 2 heterocycles. The highest BCUT2D eigenvalue weighted by Crippen LogP contribution is 2.30. The molecule has 0 atom stereocenters. The molecule has 28 heavy (non-hydrogen) atoms. The Morgan fingerprint density at radius 3 is 2.57 bits per heavy atom. The minimum Gasteiger partial charge on any atom is -0.354 e. The summed E-state index contributed by atoms with van der Waals surface area (Å²) in [5, 5.41) is 1.72. The fourth-order valence-electron chi connectivity index (χ4n) is 3.63. The predicted octanol–water partition coefficient (Wildman–Crippen LogP) is 5.36. The number of rotatable bonds is 3. The zero-order chi connectivity index (χ0) is 19.1. The number of nitrogens with one attached hydrogen (secondary N) is 1. The molecule has 5 rings (SSSR count). The first-order valence-corrected chi connectivity index (χ1v) is 9.80. The Hall–Kier alpha value is -3.18. The zero-order valence-electron chi connectivity index (χ0n) is 14.9. The highest BCUT2D eigenvalue weighted by atomic mass is 79.9. The maximum Gasteiger partial charge on any atom is 0.261 e. The van der Waals surface area contributed by atoms with Gasteiger partial charge in [0.15, 0.2) is 0 Å². The van der Waals surface area contributed by atoms with Crippen LogP contribution in [0.4, 0.5) is 0 Å². The van der Waals surface area contributed by atoms with Gasteiger partial charge in [-0.3, -0.25) is 9.36 Å². The van der Waals surface area contributed by atoms with Gasteiger partial charge in [0.05, 0.1) is 29.5 Å². The van der Waals surface area contributed by atoms with Gasteiger partial charge >= 0.3 is 0 Å². The SMILES string of the molecule is O=c1c2cc(Br)ccc2ncn1Cc1c(-c2ccccc2)[nH]c2ccccc12. The number of aromatic nitrogens is 3. The second-order valence-electron chi connectivity index (χ2n) is 6.73. The largest absolute Gasteiger partial charge is 0.354 e. The van der Waals surface area contributed by atoms with Gasteiger partial charge < -0.3 is 4.98 Å². The maximum atomic E-state index is 13.1. The molecule has 0 aliphatic carbocycles. The molecule has 136 valence electrons. The van der Waals surface area contributed by atoms with Gasteiger partial charge in [-0.1, -0.05) is 64.5 Å². The van der Waals surface area contributed by atoms with E-state index < -0.39 is 0 Å². The summed E-state index contributed by atoms with van der Waals surface area (Å²) in [5.41, 5.74) is 4.92. The number of H-pyrrole nitrogens is 1. The Morgan fingerprint density at radius 2 is 1.71 bits per heavy atom. The van der Waals surface area contributed by atoms with E-state index in [-0.39, 0.29) is 5.56 Å². The molecule has 0 bridgehead atoms. The summed E-state index contributed by atoms with van der Waals surface area (Å²) >= 11 is 3.45. The van der Waals surface area contributed by atoms with E-state index in [2.05, 4.69) is 50.2 Å². The van der Waals surface area contributed by atoms with Gasteiger partial charge in [-0.05, 0) is 29.8 Å². The molecule has 0 saturated carbocycles. The Bertz CT molecular complexity index is 1370. The lowest BCUT2D eigenvalue weighted by atomic mass is 10.1. The van der Waals surface area contributed by atoms with E-state index in [1.165, 1.54) is 0 Å². The van der Waals surface area contributed by atoms with Crippen LogP contribution in [0.5, 0.6) is 0 Å². The van der Waals surface area contributed by atoms with Crippen LogP contribution in [-0.2, 0) is 6.54 Å². The average molecular weight is 430 g/mol. The molecule has 5 aromatic rings. The molecular formula is C23H16BrN3O. The molecule has 0 aliphatic rings. The fraction of sp³-hybridized carbons (Fsp3) is 0.0435. The summed E-state index contributed by atoms with van der Waals surface area (Å²) in [4.78, 5) is 21.1. The van der Waals surface area contributed by atoms with Gasteiger partial charge in [0.1, 0.15) is 0 Å². The average Bonchev–Trinajstić information content (AvgIpc) is 3.10. The number of halogens is 1. The first-order chi connectivity index (χ1) is 13.7. The van der Waals surface area contributed by atoms with Crippen LogP contribution in [0, 0.1) is 0 Å². The van der Waals surface area contributed by atoms with E-state index in [4.69, 9.17) is 0 Å². The van der Waals surface area contributed by atoms with Crippen LogP contribution in [0.1, 0.15) is 5.56 Å². The molecule has 0 radical (unpaired) electrons.